The van der Waals surface area contributed by atoms with Crippen LogP contribution in [0.2, 0.25) is 5.02 Å². The Morgan fingerprint density at radius 2 is 1.89 bits per heavy atom. The number of hydrogen-bond acceptors (Lipinski definition) is 4. The molecule has 0 spiro atoms. The molecule has 1 aliphatic rings. The Hall–Kier alpha value is -2.42. The summed E-state index contributed by atoms with van der Waals surface area (Å²) in [4.78, 5) is 7.35. The van der Waals surface area contributed by atoms with Crippen molar-refractivity contribution in [2.24, 2.45) is 10.4 Å². The van der Waals surface area contributed by atoms with E-state index < -0.39 is 0 Å². The second kappa shape index (κ2) is 7.54. The van der Waals surface area contributed by atoms with E-state index in [9.17, 15) is 0 Å². The highest BCUT2D eigenvalue weighted by Crippen LogP contribution is 2.39. The quantitative estimate of drug-likeness (QED) is 0.351. The molecule has 0 saturated heterocycles. The van der Waals surface area contributed by atoms with E-state index in [-0.39, 0.29) is 17.8 Å². The first-order chi connectivity index (χ1) is 13.1. The molecule has 2 aromatic rings. The lowest BCUT2D eigenvalue weighted by molar-refractivity contribution is 0.571. The number of benzene rings is 1. The number of hydrogen-bond donors (Lipinski definition) is 2. The van der Waals surface area contributed by atoms with E-state index >= 15 is 0 Å². The predicted octanol–water partition coefficient (Wildman–Crippen LogP) is 5.74. The fraction of sp³-hybridized carbons (Fsp3) is 0.318. The van der Waals surface area contributed by atoms with E-state index in [1.54, 1.807) is 11.8 Å². The number of nitrogens with zero attached hydrogens (tertiary/aromatic N) is 2. The zero-order chi connectivity index (χ0) is 20.6. The summed E-state index contributed by atoms with van der Waals surface area (Å²) >= 11 is 7.59. The third-order valence-electron chi connectivity index (χ3n) is 4.23. The van der Waals surface area contributed by atoms with Crippen molar-refractivity contribution in [2.75, 3.05) is 11.4 Å². The van der Waals surface area contributed by atoms with Crippen molar-refractivity contribution >= 4 is 45.3 Å². The normalized spacial score (nSPS) is 14.0. The highest BCUT2D eigenvalue weighted by Gasteiger charge is 2.29. The molecule has 3 rings (SSSR count). The third kappa shape index (κ3) is 4.04. The summed E-state index contributed by atoms with van der Waals surface area (Å²) < 4.78 is 0. The van der Waals surface area contributed by atoms with Crippen molar-refractivity contribution in [2.45, 2.75) is 34.6 Å². The summed E-state index contributed by atoms with van der Waals surface area (Å²) in [6.45, 7) is 10.2. The number of aliphatic imine (C=N–C) groups is 1. The molecular weight excluding hydrogens is 388 g/mol. The molecule has 0 amide bonds. The first-order valence-corrected chi connectivity index (χ1v) is 10.2. The highest BCUT2D eigenvalue weighted by molar-refractivity contribution is 7.17. The van der Waals surface area contributed by atoms with E-state index in [1.807, 2.05) is 31.2 Å². The van der Waals surface area contributed by atoms with Gasteiger partial charge in [-0.2, -0.15) is 0 Å². The standard InChI is InChI=1S/C22H23ClN4S/c1-13-17(10-11-22(3,4)5)28-21-19(13)20(15-6-8-16(23)9-7-15)26-12-18(25)27(21)14(2)24/h6-9,24-25H,12H2,1-5H3. The topological polar surface area (TPSA) is 63.3 Å². The van der Waals surface area contributed by atoms with Crippen LogP contribution in [0, 0.1) is 35.0 Å². The van der Waals surface area contributed by atoms with Crippen molar-refractivity contribution in [3.8, 4) is 11.8 Å². The van der Waals surface area contributed by atoms with Crippen LogP contribution in [0.3, 0.4) is 0 Å². The number of fused-ring (bicyclic) bond motifs is 1. The molecule has 1 aromatic carbocycles. The largest absolute Gasteiger partial charge is 0.288 e. The van der Waals surface area contributed by atoms with Gasteiger partial charge in [-0.25, -0.2) is 0 Å². The van der Waals surface area contributed by atoms with Gasteiger partial charge in [-0.3, -0.25) is 20.7 Å². The fourth-order valence-electron chi connectivity index (χ4n) is 2.92. The Labute approximate surface area is 175 Å². The van der Waals surface area contributed by atoms with Gasteiger partial charge in [-0.05, 0) is 52.3 Å². The second-order valence-electron chi connectivity index (χ2n) is 7.78. The Kier molecular flexibility index (Phi) is 5.47. The zero-order valence-electron chi connectivity index (χ0n) is 16.7. The van der Waals surface area contributed by atoms with Crippen LogP contribution in [0.15, 0.2) is 29.3 Å². The fourth-order valence-corrected chi connectivity index (χ4v) is 4.29. The van der Waals surface area contributed by atoms with Crippen LogP contribution in [0.25, 0.3) is 0 Å². The van der Waals surface area contributed by atoms with E-state index in [0.29, 0.717) is 10.9 Å². The molecule has 2 heterocycles. The van der Waals surface area contributed by atoms with Crippen LogP contribution in [-0.4, -0.2) is 23.9 Å². The lowest BCUT2D eigenvalue weighted by Gasteiger charge is -2.20. The summed E-state index contributed by atoms with van der Waals surface area (Å²) in [5.74, 6) is 7.20. The second-order valence-corrected chi connectivity index (χ2v) is 9.21. The minimum Gasteiger partial charge on any atom is -0.288 e. The Balaban J connectivity index is 2.26. The maximum Gasteiger partial charge on any atom is 0.129 e. The molecule has 28 heavy (non-hydrogen) atoms. The molecule has 4 nitrogen and oxygen atoms in total. The van der Waals surface area contributed by atoms with Crippen LogP contribution in [-0.2, 0) is 0 Å². The summed E-state index contributed by atoms with van der Waals surface area (Å²) in [5, 5.41) is 18.2. The molecule has 0 bridgehead atoms. The number of halogens is 1. The maximum absolute atomic E-state index is 8.44. The van der Waals surface area contributed by atoms with Crippen LogP contribution in [0.1, 0.15) is 49.3 Å². The Morgan fingerprint density at radius 1 is 1.25 bits per heavy atom. The van der Waals surface area contributed by atoms with Crippen molar-refractivity contribution < 1.29 is 0 Å². The van der Waals surface area contributed by atoms with Gasteiger partial charge >= 0.3 is 0 Å². The molecule has 0 fully saturated rings. The summed E-state index contributed by atoms with van der Waals surface area (Å²) in [6.07, 6.45) is 0. The first-order valence-electron chi connectivity index (χ1n) is 8.98. The van der Waals surface area contributed by atoms with Crippen molar-refractivity contribution in [3.05, 3.63) is 50.9 Å². The van der Waals surface area contributed by atoms with E-state index in [1.165, 1.54) is 11.3 Å². The minimum atomic E-state index is -0.106. The molecule has 0 saturated carbocycles. The lowest BCUT2D eigenvalue weighted by Crippen LogP contribution is -2.35. The maximum atomic E-state index is 8.44. The van der Waals surface area contributed by atoms with Crippen LogP contribution in [0.4, 0.5) is 5.00 Å². The average Bonchev–Trinajstić information content (AvgIpc) is 2.82. The van der Waals surface area contributed by atoms with Gasteiger partial charge in [0.2, 0.25) is 0 Å². The molecule has 0 radical (unpaired) electrons. The van der Waals surface area contributed by atoms with E-state index in [2.05, 4.69) is 32.6 Å². The Morgan fingerprint density at radius 3 is 2.46 bits per heavy atom. The minimum absolute atomic E-state index is 0.106. The first kappa shape index (κ1) is 20.3. The van der Waals surface area contributed by atoms with Crippen LogP contribution in [0.5, 0.6) is 0 Å². The van der Waals surface area contributed by atoms with Crippen LogP contribution >= 0.6 is 22.9 Å². The third-order valence-corrected chi connectivity index (χ3v) is 5.67. The number of amidine groups is 2. The number of nitrogens with one attached hydrogen (secondary N) is 2. The monoisotopic (exact) mass is 410 g/mol. The van der Waals surface area contributed by atoms with E-state index in [0.717, 1.165) is 32.3 Å². The SMILES string of the molecule is CC(=N)N1C(=N)CN=C(c2ccc(Cl)cc2)c2c1sc(C#CC(C)(C)C)c2C. The van der Waals surface area contributed by atoms with Gasteiger partial charge < -0.3 is 0 Å². The predicted molar refractivity (Wildman–Crippen MR) is 121 cm³/mol. The lowest BCUT2D eigenvalue weighted by atomic mass is 9.97. The van der Waals surface area contributed by atoms with E-state index in [4.69, 9.17) is 27.4 Å². The summed E-state index contributed by atoms with van der Waals surface area (Å²) in [7, 11) is 0. The molecule has 144 valence electrons. The number of thiophene rings is 1. The highest BCUT2D eigenvalue weighted by atomic mass is 35.5. The molecule has 0 unspecified atom stereocenters. The van der Waals surface area contributed by atoms with Crippen molar-refractivity contribution in [1.82, 2.24) is 0 Å². The zero-order valence-corrected chi connectivity index (χ0v) is 18.3. The number of rotatable bonds is 1. The van der Waals surface area contributed by atoms with Gasteiger partial charge in [0.15, 0.2) is 0 Å². The van der Waals surface area contributed by atoms with Gasteiger partial charge in [0, 0.05) is 21.6 Å². The van der Waals surface area contributed by atoms with Crippen molar-refractivity contribution in [3.63, 3.8) is 0 Å². The van der Waals surface area contributed by atoms with Gasteiger partial charge in [0.1, 0.15) is 16.7 Å². The summed E-state index contributed by atoms with van der Waals surface area (Å²) in [6, 6.07) is 7.58. The summed E-state index contributed by atoms with van der Waals surface area (Å²) in [5.41, 5.74) is 3.63. The molecule has 2 N–H and O–H groups in total. The molecule has 6 heteroatoms. The van der Waals surface area contributed by atoms with Gasteiger partial charge in [0.25, 0.3) is 0 Å². The molecular formula is C22H23ClN4S. The van der Waals surface area contributed by atoms with Gasteiger partial charge in [-0.1, -0.05) is 35.6 Å². The molecule has 1 aliphatic heterocycles. The molecule has 1 aromatic heterocycles. The average molecular weight is 411 g/mol. The number of anilines is 1. The van der Waals surface area contributed by atoms with Gasteiger partial charge in [-0.15, -0.1) is 11.3 Å². The smallest absolute Gasteiger partial charge is 0.129 e. The van der Waals surface area contributed by atoms with Gasteiger partial charge in [0.05, 0.1) is 17.1 Å². The Bertz CT molecular complexity index is 1040. The van der Waals surface area contributed by atoms with Crippen LogP contribution < -0.4 is 4.90 Å². The van der Waals surface area contributed by atoms with Crippen molar-refractivity contribution in [1.29, 1.82) is 10.8 Å². The molecule has 0 atom stereocenters. The molecule has 0 aliphatic carbocycles.